The summed E-state index contributed by atoms with van der Waals surface area (Å²) in [5.41, 5.74) is 21.4. The number of fused-ring (bicyclic) bond motifs is 2. The van der Waals surface area contributed by atoms with Crippen molar-refractivity contribution in [1.82, 2.24) is 0 Å². The summed E-state index contributed by atoms with van der Waals surface area (Å²) in [5, 5.41) is 5.29. The Morgan fingerprint density at radius 1 is 0.344 bits per heavy atom. The zero-order chi connectivity index (χ0) is 40.6. The van der Waals surface area contributed by atoms with E-state index in [0.717, 1.165) is 17.1 Å². The Balaban J connectivity index is 0.00000197. The number of benzene rings is 10. The highest BCUT2D eigenvalue weighted by atomic mass is 15.2. The monoisotopic (exact) mass is 776 g/mol. The van der Waals surface area contributed by atoms with E-state index in [4.69, 9.17) is 0 Å². The average molecular weight is 777 g/mol. The summed E-state index contributed by atoms with van der Waals surface area (Å²) < 4.78 is 0. The van der Waals surface area contributed by atoms with E-state index in [1.165, 1.54) is 99.5 Å². The molecular formula is C58H41BN2. The van der Waals surface area contributed by atoms with Gasteiger partial charge in [-0.25, -0.2) is 0 Å². The molecule has 13 rings (SSSR count). The zero-order valence-electron chi connectivity index (χ0n) is 34.2. The van der Waals surface area contributed by atoms with Crippen molar-refractivity contribution >= 4 is 78.8 Å². The van der Waals surface area contributed by atoms with Gasteiger partial charge in [-0.1, -0.05) is 171 Å². The van der Waals surface area contributed by atoms with Crippen LogP contribution in [0.2, 0.25) is 0 Å². The molecule has 0 amide bonds. The summed E-state index contributed by atoms with van der Waals surface area (Å²) in [6, 6.07) is 78.5. The Hall–Kier alpha value is -7.62. The first-order valence-corrected chi connectivity index (χ1v) is 21.5. The van der Waals surface area contributed by atoms with Gasteiger partial charge in [0.1, 0.15) is 0 Å². The van der Waals surface area contributed by atoms with Gasteiger partial charge in [0.2, 0.25) is 6.71 Å². The molecule has 0 aliphatic carbocycles. The third kappa shape index (κ3) is 5.30. The standard InChI is InChI=1S/C56H35BN2.C2H6/c1-4-12-36(13-5-1)38-22-28-43(29-23-38)58(44-30-24-39(25-31-44)37-14-6-2-7-15-37)45-34-48-46-20-10-16-40-26-32-50-55(52(40)46)57-54(48)49(35-45)47-21-11-17-41-27-33-51(56(57)53(41)47)59(50)42-18-8-3-9-19-42;1-2/h1-35H;1-2H3. The van der Waals surface area contributed by atoms with Crippen molar-refractivity contribution in [3.8, 4) is 44.5 Å². The van der Waals surface area contributed by atoms with Gasteiger partial charge in [0.15, 0.2) is 0 Å². The van der Waals surface area contributed by atoms with Crippen LogP contribution in [0.1, 0.15) is 13.8 Å². The fraction of sp³-hybridized carbons (Fsp3) is 0.0345. The summed E-state index contributed by atoms with van der Waals surface area (Å²) in [6.45, 7) is 4.11. The molecule has 0 aromatic heterocycles. The molecule has 10 aromatic carbocycles. The normalized spacial score (nSPS) is 12.4. The van der Waals surface area contributed by atoms with E-state index in [9.17, 15) is 0 Å². The molecule has 0 unspecified atom stereocenters. The SMILES string of the molecule is CC.c1ccc(-c2ccc(N(c3ccc(-c4ccccc4)cc3)c3cc4c5c(c3)-c3cccc6ccc7c(c36)B5c3c(ccc5cccc-4c35)N7c3ccccc3)cc2)cc1. The highest BCUT2D eigenvalue weighted by Crippen LogP contribution is 2.49. The van der Waals surface area contributed by atoms with E-state index in [2.05, 4.69) is 222 Å². The van der Waals surface area contributed by atoms with Crippen molar-refractivity contribution in [2.45, 2.75) is 13.8 Å². The van der Waals surface area contributed by atoms with Crippen LogP contribution in [0.25, 0.3) is 66.1 Å². The third-order valence-corrected chi connectivity index (χ3v) is 13.0. The molecule has 0 radical (unpaired) electrons. The van der Waals surface area contributed by atoms with E-state index >= 15 is 0 Å². The van der Waals surface area contributed by atoms with Crippen LogP contribution in [0.5, 0.6) is 0 Å². The summed E-state index contributed by atoms with van der Waals surface area (Å²) in [6.07, 6.45) is 0. The fourth-order valence-corrected chi connectivity index (χ4v) is 10.5. The summed E-state index contributed by atoms with van der Waals surface area (Å²) in [5.74, 6) is 0. The van der Waals surface area contributed by atoms with E-state index in [1.807, 2.05) is 13.8 Å². The molecule has 10 aromatic rings. The summed E-state index contributed by atoms with van der Waals surface area (Å²) >= 11 is 0. The maximum absolute atomic E-state index is 2.51. The van der Waals surface area contributed by atoms with Gasteiger partial charge in [-0.3, -0.25) is 0 Å². The van der Waals surface area contributed by atoms with Crippen molar-refractivity contribution in [2.24, 2.45) is 0 Å². The molecule has 0 fully saturated rings. The van der Waals surface area contributed by atoms with Crippen molar-refractivity contribution in [2.75, 3.05) is 9.80 Å². The van der Waals surface area contributed by atoms with Gasteiger partial charge in [-0.15, -0.1) is 0 Å². The highest BCUT2D eigenvalue weighted by Gasteiger charge is 2.45. The molecule has 3 heterocycles. The molecule has 0 spiro atoms. The minimum absolute atomic E-state index is 0.111. The molecule has 61 heavy (non-hydrogen) atoms. The number of anilines is 6. The van der Waals surface area contributed by atoms with Gasteiger partial charge >= 0.3 is 0 Å². The van der Waals surface area contributed by atoms with Crippen LogP contribution >= 0.6 is 0 Å². The quantitative estimate of drug-likeness (QED) is 0.155. The molecule has 0 saturated heterocycles. The minimum Gasteiger partial charge on any atom is -0.311 e. The fourth-order valence-electron chi connectivity index (χ4n) is 10.5. The van der Waals surface area contributed by atoms with E-state index in [-0.39, 0.29) is 6.71 Å². The van der Waals surface area contributed by atoms with Gasteiger partial charge < -0.3 is 9.80 Å². The van der Waals surface area contributed by atoms with Crippen LogP contribution in [0.4, 0.5) is 34.1 Å². The van der Waals surface area contributed by atoms with Gasteiger partial charge in [-0.2, -0.15) is 0 Å². The Morgan fingerprint density at radius 3 is 1.23 bits per heavy atom. The maximum atomic E-state index is 2.51. The van der Waals surface area contributed by atoms with E-state index in [1.54, 1.807) is 0 Å². The second-order valence-electron chi connectivity index (χ2n) is 16.0. The zero-order valence-corrected chi connectivity index (χ0v) is 34.2. The van der Waals surface area contributed by atoms with Crippen LogP contribution in [0.15, 0.2) is 212 Å². The first kappa shape index (κ1) is 35.3. The van der Waals surface area contributed by atoms with Crippen LogP contribution < -0.4 is 26.2 Å². The number of para-hydroxylation sites is 1. The van der Waals surface area contributed by atoms with Gasteiger partial charge in [-0.05, 0) is 138 Å². The number of rotatable bonds is 6. The lowest BCUT2D eigenvalue weighted by Gasteiger charge is -2.44. The Bertz CT molecular complexity index is 3110. The molecule has 0 atom stereocenters. The first-order valence-electron chi connectivity index (χ1n) is 21.5. The van der Waals surface area contributed by atoms with Crippen molar-refractivity contribution < 1.29 is 0 Å². The van der Waals surface area contributed by atoms with Crippen LogP contribution in [0.3, 0.4) is 0 Å². The second kappa shape index (κ2) is 14.0. The molecule has 2 nitrogen and oxygen atoms in total. The maximum Gasteiger partial charge on any atom is 0.249 e. The highest BCUT2D eigenvalue weighted by molar-refractivity contribution is 7.03. The lowest BCUT2D eigenvalue weighted by molar-refractivity contribution is 1.28. The third-order valence-electron chi connectivity index (χ3n) is 13.0. The molecule has 3 aliphatic rings. The van der Waals surface area contributed by atoms with Gasteiger partial charge in [0.05, 0.1) is 0 Å². The second-order valence-corrected chi connectivity index (χ2v) is 16.0. The molecule has 0 bridgehead atoms. The minimum atomic E-state index is 0.111. The van der Waals surface area contributed by atoms with Gasteiger partial charge in [0.25, 0.3) is 0 Å². The number of hydrogen-bond acceptors (Lipinski definition) is 2. The van der Waals surface area contributed by atoms with Gasteiger partial charge in [0, 0.05) is 34.1 Å². The first-order chi connectivity index (χ1) is 30.3. The number of hydrogen-bond donors (Lipinski definition) is 0. The van der Waals surface area contributed by atoms with Crippen molar-refractivity contribution in [3.05, 3.63) is 212 Å². The van der Waals surface area contributed by atoms with Crippen LogP contribution in [-0.4, -0.2) is 6.71 Å². The van der Waals surface area contributed by atoms with Crippen molar-refractivity contribution in [1.29, 1.82) is 0 Å². The average Bonchev–Trinajstić information content (AvgIpc) is 3.34. The lowest BCUT2D eigenvalue weighted by Crippen LogP contribution is -2.61. The van der Waals surface area contributed by atoms with E-state index in [0.29, 0.717) is 0 Å². The van der Waals surface area contributed by atoms with Crippen molar-refractivity contribution in [3.63, 3.8) is 0 Å². The predicted molar refractivity (Wildman–Crippen MR) is 262 cm³/mol. The topological polar surface area (TPSA) is 6.48 Å². The Kier molecular flexibility index (Phi) is 8.11. The molecule has 286 valence electrons. The Morgan fingerprint density at radius 2 is 0.770 bits per heavy atom. The number of nitrogens with zero attached hydrogens (tertiary/aromatic N) is 2. The largest absolute Gasteiger partial charge is 0.311 e. The lowest BCUT2D eigenvalue weighted by atomic mass is 9.29. The summed E-state index contributed by atoms with van der Waals surface area (Å²) in [4.78, 5) is 4.97. The predicted octanol–water partition coefficient (Wildman–Crippen LogP) is 14.1. The summed E-state index contributed by atoms with van der Waals surface area (Å²) in [7, 11) is 0. The molecule has 0 N–H and O–H groups in total. The van der Waals surface area contributed by atoms with E-state index < -0.39 is 0 Å². The molecule has 3 aliphatic heterocycles. The van der Waals surface area contributed by atoms with Crippen LogP contribution in [-0.2, 0) is 0 Å². The smallest absolute Gasteiger partial charge is 0.249 e. The Labute approximate surface area is 357 Å². The molecule has 0 saturated carbocycles. The molecular weight excluding hydrogens is 735 g/mol. The van der Waals surface area contributed by atoms with Crippen LogP contribution in [0, 0.1) is 0 Å². The molecule has 3 heteroatoms.